The number of aliphatic carboxylic acids is 1. The maximum atomic E-state index is 13.9. The van der Waals surface area contributed by atoms with Crippen LogP contribution in [0, 0.1) is 17.8 Å². The first-order chi connectivity index (χ1) is 22.8. The topological polar surface area (TPSA) is 145 Å². The van der Waals surface area contributed by atoms with Gasteiger partial charge in [0.25, 0.3) is 5.91 Å². The Bertz CT molecular complexity index is 1580. The molecule has 4 atom stereocenters. The quantitative estimate of drug-likeness (QED) is 0.302. The van der Waals surface area contributed by atoms with Crippen molar-refractivity contribution in [2.75, 3.05) is 50.8 Å². The summed E-state index contributed by atoms with van der Waals surface area (Å²) in [4.78, 5) is 66.5. The third kappa shape index (κ3) is 7.37. The van der Waals surface area contributed by atoms with Crippen molar-refractivity contribution in [2.24, 2.45) is 17.8 Å². The Balaban J connectivity index is 1.20. The van der Waals surface area contributed by atoms with Crippen molar-refractivity contribution >= 4 is 29.7 Å². The van der Waals surface area contributed by atoms with Crippen LogP contribution in [0.25, 0.3) is 11.4 Å². The molecule has 1 aromatic heterocycles. The molecule has 2 aliphatic heterocycles. The summed E-state index contributed by atoms with van der Waals surface area (Å²) in [6.07, 6.45) is 1.64. The summed E-state index contributed by atoms with van der Waals surface area (Å²) in [6.45, 7) is 4.83. The van der Waals surface area contributed by atoms with E-state index in [0.29, 0.717) is 57.5 Å². The summed E-state index contributed by atoms with van der Waals surface area (Å²) in [5, 5.41) is 12.4. The third-order valence-electron chi connectivity index (χ3n) is 9.24. The van der Waals surface area contributed by atoms with Crippen molar-refractivity contribution < 1.29 is 29.0 Å². The van der Waals surface area contributed by atoms with E-state index in [2.05, 4.69) is 10.3 Å². The Morgan fingerprint density at radius 3 is 2.19 bits per heavy atom. The molecule has 3 aromatic rings. The van der Waals surface area contributed by atoms with Gasteiger partial charge in [0, 0.05) is 57.3 Å². The second-order valence-electron chi connectivity index (χ2n) is 12.4. The molecule has 2 saturated heterocycles. The van der Waals surface area contributed by atoms with Gasteiger partial charge in [0.05, 0.1) is 12.5 Å². The number of hydrogen-bond donors (Lipinski definition) is 2. The molecule has 1 aliphatic carbocycles. The molecule has 0 radical (unpaired) electrons. The molecule has 12 heteroatoms. The van der Waals surface area contributed by atoms with Gasteiger partial charge in [-0.15, -0.1) is 0 Å². The number of hydrogen-bond acceptors (Lipinski definition) is 8. The van der Waals surface area contributed by atoms with Gasteiger partial charge in [-0.25, -0.2) is 14.8 Å². The van der Waals surface area contributed by atoms with E-state index in [1.165, 1.54) is 0 Å². The number of unbranched alkanes of at least 4 members (excludes halogenated alkanes) is 1. The van der Waals surface area contributed by atoms with Crippen molar-refractivity contribution in [2.45, 2.75) is 32.2 Å². The van der Waals surface area contributed by atoms with Crippen LogP contribution in [0.5, 0.6) is 0 Å². The Morgan fingerprint density at radius 1 is 0.915 bits per heavy atom. The highest BCUT2D eigenvalue weighted by Crippen LogP contribution is 2.52. The second kappa shape index (κ2) is 14.2. The molecule has 3 heterocycles. The molecular formula is C35H40N6O6. The maximum absolute atomic E-state index is 13.9. The zero-order valence-electron chi connectivity index (χ0n) is 26.5. The summed E-state index contributed by atoms with van der Waals surface area (Å²) < 4.78 is 5.34. The zero-order chi connectivity index (χ0) is 32.9. The predicted molar refractivity (Wildman–Crippen MR) is 174 cm³/mol. The highest BCUT2D eigenvalue weighted by atomic mass is 16.6. The first-order valence-corrected chi connectivity index (χ1v) is 16.3. The summed E-state index contributed by atoms with van der Waals surface area (Å²) in [5.41, 5.74) is 1.75. The van der Waals surface area contributed by atoms with Crippen LogP contribution in [-0.4, -0.2) is 101 Å². The van der Waals surface area contributed by atoms with Crippen molar-refractivity contribution in [3.8, 4) is 11.4 Å². The van der Waals surface area contributed by atoms with E-state index in [9.17, 15) is 24.3 Å². The summed E-state index contributed by atoms with van der Waals surface area (Å²) in [7, 11) is 0. The van der Waals surface area contributed by atoms with Gasteiger partial charge >= 0.3 is 12.1 Å². The van der Waals surface area contributed by atoms with E-state index >= 15 is 0 Å². The van der Waals surface area contributed by atoms with Crippen LogP contribution in [0.2, 0.25) is 0 Å². The fourth-order valence-electron chi connectivity index (χ4n) is 6.52. The molecule has 3 fully saturated rings. The molecule has 2 N–H and O–H groups in total. The lowest BCUT2D eigenvalue weighted by Gasteiger charge is -2.36. The number of carbonyl (C=O) groups is 4. The van der Waals surface area contributed by atoms with E-state index in [1.54, 1.807) is 15.9 Å². The van der Waals surface area contributed by atoms with Crippen LogP contribution < -0.4 is 10.2 Å². The maximum Gasteiger partial charge on any atom is 0.409 e. The summed E-state index contributed by atoms with van der Waals surface area (Å²) in [5.74, 6) is -0.802. The number of piperazine rings is 1. The van der Waals surface area contributed by atoms with Crippen molar-refractivity contribution in [3.63, 3.8) is 0 Å². The van der Waals surface area contributed by atoms with Crippen molar-refractivity contribution in [1.82, 2.24) is 25.1 Å². The highest BCUT2D eigenvalue weighted by Gasteiger charge is 2.60. The van der Waals surface area contributed by atoms with E-state index in [0.717, 1.165) is 24.0 Å². The predicted octanol–water partition coefficient (Wildman–Crippen LogP) is 3.33. The summed E-state index contributed by atoms with van der Waals surface area (Å²) >= 11 is 0. The number of benzene rings is 2. The zero-order valence-corrected chi connectivity index (χ0v) is 26.5. The number of aromatic nitrogens is 2. The van der Waals surface area contributed by atoms with Crippen LogP contribution in [0.15, 0.2) is 66.7 Å². The first kappa shape index (κ1) is 32.0. The molecule has 6 rings (SSSR count). The number of fused-ring (bicyclic) bond motifs is 1. The minimum Gasteiger partial charge on any atom is -0.481 e. The Morgan fingerprint density at radius 2 is 1.55 bits per heavy atom. The second-order valence-corrected chi connectivity index (χ2v) is 12.4. The van der Waals surface area contributed by atoms with Crippen LogP contribution in [-0.2, 0) is 20.7 Å². The number of anilines is 1. The van der Waals surface area contributed by atoms with E-state index in [4.69, 9.17) is 9.72 Å². The average Bonchev–Trinajstić information content (AvgIpc) is 3.62. The molecular weight excluding hydrogens is 600 g/mol. The molecule has 2 aromatic carbocycles. The number of rotatable bonds is 11. The molecule has 0 spiro atoms. The van der Waals surface area contributed by atoms with Crippen molar-refractivity contribution in [1.29, 1.82) is 0 Å². The van der Waals surface area contributed by atoms with Gasteiger partial charge in [0.1, 0.15) is 17.6 Å². The van der Waals surface area contributed by atoms with Gasteiger partial charge in [-0.2, -0.15) is 0 Å². The number of carboxylic acids is 1. The first-order valence-electron chi connectivity index (χ1n) is 16.3. The lowest BCUT2D eigenvalue weighted by molar-refractivity contribution is -0.139. The monoisotopic (exact) mass is 640 g/mol. The molecule has 1 saturated carbocycles. The number of amides is 3. The van der Waals surface area contributed by atoms with Gasteiger partial charge in [-0.1, -0.05) is 74.0 Å². The normalized spacial score (nSPS) is 20.7. The van der Waals surface area contributed by atoms with Crippen LogP contribution in [0.4, 0.5) is 10.6 Å². The van der Waals surface area contributed by atoms with Crippen LogP contribution >= 0.6 is 0 Å². The third-order valence-corrected chi connectivity index (χ3v) is 9.24. The minimum absolute atomic E-state index is 0.0615. The Kier molecular flexibility index (Phi) is 9.65. The number of nitrogens with one attached hydrogen (secondary N) is 1. The number of carbonyl (C=O) groups excluding carboxylic acids is 3. The summed E-state index contributed by atoms with van der Waals surface area (Å²) in [6, 6.07) is 19.6. The number of carboxylic acid groups (broad SMARTS) is 1. The molecule has 3 amide bonds. The van der Waals surface area contributed by atoms with E-state index in [1.807, 2.05) is 72.5 Å². The van der Waals surface area contributed by atoms with E-state index < -0.39 is 17.9 Å². The molecule has 47 heavy (non-hydrogen) atoms. The van der Waals surface area contributed by atoms with Crippen LogP contribution in [0.1, 0.15) is 35.8 Å². The van der Waals surface area contributed by atoms with Gasteiger partial charge in [0.15, 0.2) is 5.82 Å². The van der Waals surface area contributed by atoms with Gasteiger partial charge in [0.2, 0.25) is 5.91 Å². The van der Waals surface area contributed by atoms with Gasteiger partial charge in [-0.05, 0) is 23.8 Å². The fraction of sp³-hybridized carbons (Fsp3) is 0.429. The smallest absolute Gasteiger partial charge is 0.409 e. The standard InChI is InChI=1S/C35H40N6O6/c1-2-3-18-47-35(46)40-16-14-39(15-17-40)33(43)28(19-23-10-6-4-7-11-23)37-32(42)27-20-29(38-31(36-27)24-12-8-5-9-13-24)41-21-25-26(22-41)30(25)34(44)45/h4-13,20,25-26,28,30H,2-3,14-19,21-22H2,1H3,(H,37,42)(H,44,45)/t25-,26+,28-,30-/m0/s1. The SMILES string of the molecule is CCCCOC(=O)N1CCN(C(=O)[C@H](Cc2ccccc2)NC(=O)c2cc(N3C[C@@H]4[C@H](C3)[C@@H]4C(=O)O)nc(-c3ccccc3)n2)CC1. The molecule has 246 valence electrons. The highest BCUT2D eigenvalue weighted by molar-refractivity contribution is 5.97. The van der Waals surface area contributed by atoms with E-state index in [-0.39, 0.29) is 41.9 Å². The minimum atomic E-state index is -0.873. The van der Waals surface area contributed by atoms with Crippen LogP contribution in [0.3, 0.4) is 0 Å². The Hall–Kier alpha value is -5.00. The number of ether oxygens (including phenoxy) is 1. The Labute approximate surface area is 273 Å². The average molecular weight is 641 g/mol. The lowest BCUT2D eigenvalue weighted by Crippen LogP contribution is -2.56. The van der Waals surface area contributed by atoms with Gasteiger partial charge < -0.3 is 29.9 Å². The number of nitrogens with zero attached hydrogens (tertiary/aromatic N) is 5. The molecule has 0 unspecified atom stereocenters. The molecule has 0 bridgehead atoms. The van der Waals surface area contributed by atoms with Crippen molar-refractivity contribution in [3.05, 3.63) is 78.0 Å². The largest absolute Gasteiger partial charge is 0.481 e. The lowest BCUT2D eigenvalue weighted by atomic mass is 10.0. The fourth-order valence-corrected chi connectivity index (χ4v) is 6.52. The molecule has 3 aliphatic rings. The number of piperidine rings is 1. The molecule has 12 nitrogen and oxygen atoms in total. The van der Waals surface area contributed by atoms with Gasteiger partial charge in [-0.3, -0.25) is 14.4 Å².